The highest BCUT2D eigenvalue weighted by Gasteiger charge is 2.39. The van der Waals surface area contributed by atoms with E-state index in [-0.39, 0.29) is 11.4 Å². The molecular formula is C15H29NO2. The third kappa shape index (κ3) is 5.67. The number of carbonyl (C=O) groups is 1. The van der Waals surface area contributed by atoms with Gasteiger partial charge in [0.2, 0.25) is 0 Å². The molecule has 0 aromatic carbocycles. The number of ether oxygens (including phenoxy) is 1. The zero-order chi connectivity index (χ0) is 14.4. The molecule has 0 amide bonds. The van der Waals surface area contributed by atoms with Crippen molar-refractivity contribution >= 4 is 5.97 Å². The van der Waals surface area contributed by atoms with Crippen LogP contribution < -0.4 is 0 Å². The lowest BCUT2D eigenvalue weighted by molar-refractivity contribution is -0.162. The van der Waals surface area contributed by atoms with E-state index < -0.39 is 5.60 Å². The Morgan fingerprint density at radius 2 is 1.78 bits per heavy atom. The smallest absolute Gasteiger partial charge is 0.331 e. The van der Waals surface area contributed by atoms with Gasteiger partial charge in [-0.2, -0.15) is 0 Å². The minimum atomic E-state index is -0.456. The van der Waals surface area contributed by atoms with Gasteiger partial charge < -0.3 is 9.64 Å². The number of carbonyl (C=O) groups excluding carboxylic acids is 1. The summed E-state index contributed by atoms with van der Waals surface area (Å²) in [5.41, 5.74) is -0.477. The molecule has 0 aromatic rings. The molecule has 0 aliphatic rings. The molecule has 0 aliphatic heterocycles. The maximum Gasteiger partial charge on any atom is 0.331 e. The van der Waals surface area contributed by atoms with E-state index in [0.29, 0.717) is 0 Å². The lowest BCUT2D eigenvalue weighted by Gasteiger charge is -2.40. The predicted octanol–water partition coefficient (Wildman–Crippen LogP) is 3.25. The highest BCUT2D eigenvalue weighted by atomic mass is 16.6. The fourth-order valence-electron chi connectivity index (χ4n) is 1.71. The number of esters is 1. The van der Waals surface area contributed by atoms with Gasteiger partial charge in [0, 0.05) is 18.0 Å². The van der Waals surface area contributed by atoms with E-state index in [1.54, 1.807) is 0 Å². The van der Waals surface area contributed by atoms with Crippen LogP contribution in [-0.4, -0.2) is 37.1 Å². The van der Waals surface area contributed by atoms with Crippen LogP contribution in [0.4, 0.5) is 0 Å². The second-order valence-corrected chi connectivity index (χ2v) is 6.23. The van der Waals surface area contributed by atoms with Gasteiger partial charge >= 0.3 is 5.97 Å². The average Bonchev–Trinajstić information content (AvgIpc) is 2.15. The minimum Gasteiger partial charge on any atom is -0.456 e. The average molecular weight is 255 g/mol. The van der Waals surface area contributed by atoms with Crippen LogP contribution in [0.1, 0.15) is 47.5 Å². The van der Waals surface area contributed by atoms with Crippen LogP contribution >= 0.6 is 0 Å². The van der Waals surface area contributed by atoms with E-state index >= 15 is 0 Å². The molecule has 0 aliphatic carbocycles. The Labute approximate surface area is 112 Å². The highest BCUT2D eigenvalue weighted by Crippen LogP contribution is 2.37. The monoisotopic (exact) mass is 255 g/mol. The quantitative estimate of drug-likeness (QED) is 0.516. The fourth-order valence-corrected chi connectivity index (χ4v) is 1.71. The lowest BCUT2D eigenvalue weighted by atomic mass is 9.74. The van der Waals surface area contributed by atoms with Gasteiger partial charge in [-0.25, -0.2) is 4.79 Å². The number of nitrogens with zero attached hydrogens (tertiary/aromatic N) is 1. The zero-order valence-electron chi connectivity index (χ0n) is 13.0. The van der Waals surface area contributed by atoms with Crippen LogP contribution in [0.25, 0.3) is 0 Å². The molecule has 0 saturated carbocycles. The predicted molar refractivity (Wildman–Crippen MR) is 76.6 cm³/mol. The highest BCUT2D eigenvalue weighted by molar-refractivity contribution is 5.82. The first-order chi connectivity index (χ1) is 8.12. The molecule has 0 aromatic heterocycles. The Bertz CT molecular complexity index is 291. The number of likely N-dealkylation sites (N-methyl/N-ethyl adjacent to an activating group) is 1. The first-order valence-electron chi connectivity index (χ1n) is 6.66. The van der Waals surface area contributed by atoms with Gasteiger partial charge in [0.25, 0.3) is 0 Å². The molecule has 0 heterocycles. The standard InChI is InChI=1S/C15H29NO2/c1-8-11-14(2,3)15(4,5)18-13(17)10-9-12-16(6)7/h9-10H,8,11-12H2,1-7H3/b10-9+. The number of hydrogen-bond acceptors (Lipinski definition) is 3. The molecule has 3 heteroatoms. The Hall–Kier alpha value is -0.830. The Balaban J connectivity index is 4.48. The van der Waals surface area contributed by atoms with Crippen molar-refractivity contribution < 1.29 is 9.53 Å². The number of hydrogen-bond donors (Lipinski definition) is 0. The van der Waals surface area contributed by atoms with Crippen molar-refractivity contribution in [3.63, 3.8) is 0 Å². The van der Waals surface area contributed by atoms with Crippen molar-refractivity contribution in [3.8, 4) is 0 Å². The molecule has 0 radical (unpaired) electrons. The van der Waals surface area contributed by atoms with Crippen LogP contribution in [-0.2, 0) is 9.53 Å². The van der Waals surface area contributed by atoms with Crippen molar-refractivity contribution in [1.82, 2.24) is 4.90 Å². The summed E-state index contributed by atoms with van der Waals surface area (Å²) in [7, 11) is 3.92. The molecule has 18 heavy (non-hydrogen) atoms. The summed E-state index contributed by atoms with van der Waals surface area (Å²) in [4.78, 5) is 13.8. The molecule has 0 rings (SSSR count). The van der Waals surface area contributed by atoms with Crippen molar-refractivity contribution in [2.24, 2.45) is 5.41 Å². The van der Waals surface area contributed by atoms with Gasteiger partial charge in [0.1, 0.15) is 5.60 Å². The third-order valence-corrected chi connectivity index (χ3v) is 3.59. The van der Waals surface area contributed by atoms with Crippen molar-refractivity contribution in [2.45, 2.75) is 53.1 Å². The van der Waals surface area contributed by atoms with E-state index in [1.165, 1.54) is 6.08 Å². The van der Waals surface area contributed by atoms with Gasteiger partial charge in [-0.15, -0.1) is 0 Å². The third-order valence-electron chi connectivity index (χ3n) is 3.59. The first-order valence-corrected chi connectivity index (χ1v) is 6.66. The summed E-state index contributed by atoms with van der Waals surface area (Å²) in [6, 6.07) is 0. The maximum absolute atomic E-state index is 11.8. The first kappa shape index (κ1) is 17.2. The van der Waals surface area contributed by atoms with E-state index in [4.69, 9.17) is 4.74 Å². The molecule has 0 fully saturated rings. The summed E-state index contributed by atoms with van der Waals surface area (Å²) >= 11 is 0. The van der Waals surface area contributed by atoms with E-state index in [0.717, 1.165) is 19.4 Å². The molecule has 0 saturated heterocycles. The molecule has 0 atom stereocenters. The number of rotatable bonds is 7. The zero-order valence-corrected chi connectivity index (χ0v) is 13.0. The van der Waals surface area contributed by atoms with Gasteiger partial charge in [-0.3, -0.25) is 0 Å². The molecular weight excluding hydrogens is 226 g/mol. The Kier molecular flexibility index (Phi) is 6.61. The second kappa shape index (κ2) is 6.93. The van der Waals surface area contributed by atoms with Crippen molar-refractivity contribution in [1.29, 1.82) is 0 Å². The van der Waals surface area contributed by atoms with Crippen molar-refractivity contribution in [3.05, 3.63) is 12.2 Å². The van der Waals surface area contributed by atoms with Crippen LogP contribution in [0.3, 0.4) is 0 Å². The van der Waals surface area contributed by atoms with Crippen LogP contribution in [0.15, 0.2) is 12.2 Å². The molecule has 106 valence electrons. The topological polar surface area (TPSA) is 29.5 Å². The normalized spacial score (nSPS) is 13.3. The van der Waals surface area contributed by atoms with Gasteiger partial charge in [0.15, 0.2) is 0 Å². The van der Waals surface area contributed by atoms with Crippen LogP contribution in [0.5, 0.6) is 0 Å². The Morgan fingerprint density at radius 1 is 1.22 bits per heavy atom. The van der Waals surface area contributed by atoms with E-state index in [1.807, 2.05) is 38.9 Å². The molecule has 0 N–H and O–H groups in total. The van der Waals surface area contributed by atoms with E-state index in [9.17, 15) is 4.79 Å². The summed E-state index contributed by atoms with van der Waals surface area (Å²) in [6.45, 7) is 11.2. The van der Waals surface area contributed by atoms with Crippen LogP contribution in [0, 0.1) is 5.41 Å². The van der Waals surface area contributed by atoms with Gasteiger partial charge in [0.05, 0.1) is 0 Å². The molecule has 3 nitrogen and oxygen atoms in total. The lowest BCUT2D eigenvalue weighted by Crippen LogP contribution is -2.42. The van der Waals surface area contributed by atoms with E-state index in [2.05, 4.69) is 20.8 Å². The molecule has 0 unspecified atom stereocenters. The maximum atomic E-state index is 11.8. The summed E-state index contributed by atoms with van der Waals surface area (Å²) < 4.78 is 5.59. The van der Waals surface area contributed by atoms with Gasteiger partial charge in [-0.05, 0) is 34.4 Å². The second-order valence-electron chi connectivity index (χ2n) is 6.23. The van der Waals surface area contributed by atoms with Gasteiger partial charge in [-0.1, -0.05) is 33.3 Å². The summed E-state index contributed by atoms with van der Waals surface area (Å²) in [6.07, 6.45) is 5.47. The summed E-state index contributed by atoms with van der Waals surface area (Å²) in [5, 5.41) is 0. The molecule has 0 bridgehead atoms. The van der Waals surface area contributed by atoms with Crippen LogP contribution in [0.2, 0.25) is 0 Å². The fraction of sp³-hybridized carbons (Fsp3) is 0.800. The minimum absolute atomic E-state index is 0.0210. The summed E-state index contributed by atoms with van der Waals surface area (Å²) in [5.74, 6) is -0.258. The molecule has 0 spiro atoms. The Morgan fingerprint density at radius 3 is 2.22 bits per heavy atom. The largest absolute Gasteiger partial charge is 0.456 e. The van der Waals surface area contributed by atoms with Crippen molar-refractivity contribution in [2.75, 3.05) is 20.6 Å². The SMILES string of the molecule is CCCC(C)(C)C(C)(C)OC(=O)/C=C/CN(C)C.